The first-order chi connectivity index (χ1) is 7.18. The summed E-state index contributed by atoms with van der Waals surface area (Å²) in [7, 11) is 0. The number of hydrogen-bond donors (Lipinski definition) is 1. The van der Waals surface area contributed by atoms with Gasteiger partial charge in [0.25, 0.3) is 0 Å². The van der Waals surface area contributed by atoms with Crippen LogP contribution in [-0.2, 0) is 0 Å². The van der Waals surface area contributed by atoms with Gasteiger partial charge in [-0.25, -0.2) is 4.63 Å². The van der Waals surface area contributed by atoms with Crippen LogP contribution in [0.15, 0.2) is 21.7 Å². The molecule has 15 heavy (non-hydrogen) atoms. The minimum absolute atomic E-state index is 0.611. The van der Waals surface area contributed by atoms with E-state index >= 15 is 0 Å². The second-order valence-corrected chi connectivity index (χ2v) is 4.88. The Morgan fingerprint density at radius 2 is 2.07 bits per heavy atom. The van der Waals surface area contributed by atoms with Gasteiger partial charge in [0.15, 0.2) is 11.0 Å². The van der Waals surface area contributed by atoms with Crippen molar-refractivity contribution < 1.29 is 4.63 Å². The van der Waals surface area contributed by atoms with E-state index in [1.807, 2.05) is 12.1 Å². The van der Waals surface area contributed by atoms with Gasteiger partial charge in [-0.15, -0.1) is 11.8 Å². The maximum Gasteiger partial charge on any atom is 0.159 e. The maximum absolute atomic E-state index is 5.75. The number of nitrogens with two attached hydrogens (primary N) is 1. The van der Waals surface area contributed by atoms with E-state index in [2.05, 4.69) is 24.2 Å². The van der Waals surface area contributed by atoms with Gasteiger partial charge in [0.05, 0.1) is 5.69 Å². The molecule has 0 fully saturated rings. The Morgan fingerprint density at radius 3 is 2.80 bits per heavy atom. The normalized spacial score (nSPS) is 11.4. The summed E-state index contributed by atoms with van der Waals surface area (Å²) in [6.07, 6.45) is 0. The Kier molecular flexibility index (Phi) is 2.81. The van der Waals surface area contributed by atoms with E-state index < -0.39 is 0 Å². The molecule has 0 unspecified atom stereocenters. The average molecular weight is 223 g/mol. The van der Waals surface area contributed by atoms with Crippen molar-refractivity contribution in [2.75, 3.05) is 11.5 Å². The molecule has 0 amide bonds. The summed E-state index contributed by atoms with van der Waals surface area (Å²) in [4.78, 5) is 1.08. The quantitative estimate of drug-likeness (QED) is 0.640. The smallest absolute Gasteiger partial charge is 0.159 e. The van der Waals surface area contributed by atoms with Crippen LogP contribution in [0.25, 0.3) is 11.0 Å². The highest BCUT2D eigenvalue weighted by atomic mass is 32.2. The molecule has 0 bridgehead atoms. The number of hydrogen-bond acceptors (Lipinski definition) is 5. The van der Waals surface area contributed by atoms with Crippen LogP contribution in [0.5, 0.6) is 0 Å². The fourth-order valence-corrected chi connectivity index (χ4v) is 2.18. The van der Waals surface area contributed by atoms with Gasteiger partial charge in [-0.05, 0) is 28.4 Å². The van der Waals surface area contributed by atoms with Gasteiger partial charge in [-0.3, -0.25) is 0 Å². The molecule has 0 spiro atoms. The summed E-state index contributed by atoms with van der Waals surface area (Å²) in [5.74, 6) is 1.69. The summed E-state index contributed by atoms with van der Waals surface area (Å²) in [6, 6.07) is 3.81. The molecule has 0 saturated heterocycles. The topological polar surface area (TPSA) is 64.9 Å². The van der Waals surface area contributed by atoms with Gasteiger partial charge in [0, 0.05) is 10.6 Å². The Morgan fingerprint density at radius 1 is 1.33 bits per heavy atom. The average Bonchev–Trinajstić information content (AvgIpc) is 2.66. The van der Waals surface area contributed by atoms with Gasteiger partial charge in [-0.1, -0.05) is 13.8 Å². The van der Waals surface area contributed by atoms with Crippen molar-refractivity contribution in [1.29, 1.82) is 0 Å². The van der Waals surface area contributed by atoms with Gasteiger partial charge >= 0.3 is 0 Å². The fourth-order valence-electron chi connectivity index (χ4n) is 1.24. The number of nitrogens with zero attached hydrogens (tertiary/aromatic N) is 2. The molecular weight excluding hydrogens is 210 g/mol. The second kappa shape index (κ2) is 4.10. The molecule has 0 aliphatic heterocycles. The third-order valence-electron chi connectivity index (χ3n) is 1.98. The number of rotatable bonds is 3. The van der Waals surface area contributed by atoms with E-state index in [1.54, 1.807) is 11.8 Å². The molecule has 5 heteroatoms. The van der Waals surface area contributed by atoms with Crippen molar-refractivity contribution in [3.05, 3.63) is 12.1 Å². The highest BCUT2D eigenvalue weighted by Gasteiger charge is 2.10. The molecule has 1 aromatic carbocycles. The molecule has 0 radical (unpaired) electrons. The van der Waals surface area contributed by atoms with Crippen molar-refractivity contribution in [1.82, 2.24) is 10.3 Å². The van der Waals surface area contributed by atoms with Gasteiger partial charge in [-0.2, -0.15) is 0 Å². The summed E-state index contributed by atoms with van der Waals surface area (Å²) in [6.45, 7) is 4.37. The van der Waals surface area contributed by atoms with Crippen molar-refractivity contribution in [3.8, 4) is 0 Å². The zero-order valence-electron chi connectivity index (χ0n) is 8.73. The number of fused-ring (bicyclic) bond motifs is 1. The molecular formula is C10H13N3OS. The van der Waals surface area contributed by atoms with Crippen LogP contribution < -0.4 is 5.73 Å². The van der Waals surface area contributed by atoms with Crippen molar-refractivity contribution in [2.24, 2.45) is 5.92 Å². The monoisotopic (exact) mass is 223 g/mol. The van der Waals surface area contributed by atoms with Crippen molar-refractivity contribution in [3.63, 3.8) is 0 Å². The van der Waals surface area contributed by atoms with Crippen LogP contribution in [0.2, 0.25) is 0 Å². The summed E-state index contributed by atoms with van der Waals surface area (Å²) in [5, 5.41) is 7.65. The van der Waals surface area contributed by atoms with E-state index in [4.69, 9.17) is 10.4 Å². The summed E-state index contributed by atoms with van der Waals surface area (Å²) in [5.41, 5.74) is 7.79. The zero-order chi connectivity index (χ0) is 10.8. The minimum atomic E-state index is 0.611. The number of aromatic nitrogens is 2. The van der Waals surface area contributed by atoms with Crippen LogP contribution in [0.4, 0.5) is 5.69 Å². The number of benzene rings is 1. The van der Waals surface area contributed by atoms with E-state index in [0.29, 0.717) is 17.1 Å². The predicted molar refractivity (Wildman–Crippen MR) is 61.8 cm³/mol. The maximum atomic E-state index is 5.75. The zero-order valence-corrected chi connectivity index (χ0v) is 9.54. The molecule has 0 aliphatic rings. The lowest BCUT2D eigenvalue weighted by Gasteiger charge is -2.04. The van der Waals surface area contributed by atoms with Crippen LogP contribution in [0, 0.1) is 5.92 Å². The molecule has 1 heterocycles. The predicted octanol–water partition coefficient (Wildman–Crippen LogP) is 2.55. The molecule has 2 N–H and O–H groups in total. The summed E-state index contributed by atoms with van der Waals surface area (Å²) < 4.78 is 4.70. The molecule has 0 aliphatic carbocycles. The highest BCUT2D eigenvalue weighted by Crippen LogP contribution is 2.30. The lowest BCUT2D eigenvalue weighted by molar-refractivity contribution is 0.315. The molecule has 0 saturated carbocycles. The Hall–Kier alpha value is -1.23. The molecule has 2 aromatic rings. The molecule has 4 nitrogen and oxygen atoms in total. The Balaban J connectivity index is 2.35. The van der Waals surface area contributed by atoms with E-state index in [9.17, 15) is 0 Å². The fraction of sp³-hybridized carbons (Fsp3) is 0.400. The third kappa shape index (κ3) is 2.07. The first kappa shape index (κ1) is 10.3. The van der Waals surface area contributed by atoms with Crippen LogP contribution in [-0.4, -0.2) is 16.1 Å². The number of nitrogen functional groups attached to an aromatic ring is 1. The van der Waals surface area contributed by atoms with Crippen LogP contribution >= 0.6 is 11.8 Å². The standard InChI is InChI=1S/C10H13N3OS/c1-6(2)5-15-8-4-3-7(11)9-10(8)13-14-12-9/h3-4,6H,5,11H2,1-2H3. The first-order valence-corrected chi connectivity index (χ1v) is 5.80. The van der Waals surface area contributed by atoms with Gasteiger partial charge < -0.3 is 5.73 Å². The molecule has 1 aromatic heterocycles. The molecule has 2 rings (SSSR count). The molecule has 80 valence electrons. The molecule has 0 atom stereocenters. The number of anilines is 1. The largest absolute Gasteiger partial charge is 0.397 e. The lowest BCUT2D eigenvalue weighted by atomic mass is 10.3. The van der Waals surface area contributed by atoms with Gasteiger partial charge in [0.1, 0.15) is 0 Å². The summed E-state index contributed by atoms with van der Waals surface area (Å²) >= 11 is 1.75. The SMILES string of the molecule is CC(C)CSc1ccc(N)c2nonc12. The second-order valence-electron chi connectivity index (χ2n) is 3.82. The lowest BCUT2D eigenvalue weighted by Crippen LogP contribution is -1.92. The van der Waals surface area contributed by atoms with Crippen molar-refractivity contribution >= 4 is 28.5 Å². The first-order valence-electron chi connectivity index (χ1n) is 4.82. The van der Waals surface area contributed by atoms with Crippen LogP contribution in [0.1, 0.15) is 13.8 Å². The van der Waals surface area contributed by atoms with Gasteiger partial charge in [0.2, 0.25) is 0 Å². The minimum Gasteiger partial charge on any atom is -0.397 e. The van der Waals surface area contributed by atoms with E-state index in [-0.39, 0.29) is 0 Å². The van der Waals surface area contributed by atoms with Crippen LogP contribution in [0.3, 0.4) is 0 Å². The van der Waals surface area contributed by atoms with E-state index in [0.717, 1.165) is 16.2 Å². The third-order valence-corrected chi connectivity index (χ3v) is 3.46. The highest BCUT2D eigenvalue weighted by molar-refractivity contribution is 7.99. The van der Waals surface area contributed by atoms with Crippen molar-refractivity contribution in [2.45, 2.75) is 18.7 Å². The van der Waals surface area contributed by atoms with E-state index in [1.165, 1.54) is 0 Å². The Bertz CT molecular complexity index is 467. The Labute approximate surface area is 92.2 Å². The number of thioether (sulfide) groups is 1.